The van der Waals surface area contributed by atoms with Crippen molar-refractivity contribution in [3.05, 3.63) is 0 Å². The highest BCUT2D eigenvalue weighted by atomic mass is 16.5. The first kappa shape index (κ1) is 21.1. The summed E-state index contributed by atoms with van der Waals surface area (Å²) in [7, 11) is 0. The van der Waals surface area contributed by atoms with Gasteiger partial charge in [-0.15, -0.1) is 0 Å². The van der Waals surface area contributed by atoms with Gasteiger partial charge in [0.05, 0.1) is 0 Å². The SMILES string of the molecule is NCCCCCN(O)C(=O)CCCCCCCCCCC=O. The van der Waals surface area contributed by atoms with E-state index < -0.39 is 0 Å². The van der Waals surface area contributed by atoms with Gasteiger partial charge in [0.15, 0.2) is 0 Å². The van der Waals surface area contributed by atoms with E-state index in [1.54, 1.807) is 0 Å². The molecule has 0 aromatic rings. The van der Waals surface area contributed by atoms with Crippen LogP contribution >= 0.6 is 0 Å². The molecule has 5 heteroatoms. The molecule has 0 aliphatic carbocycles. The van der Waals surface area contributed by atoms with E-state index in [0.29, 0.717) is 25.9 Å². The summed E-state index contributed by atoms with van der Waals surface area (Å²) < 4.78 is 0. The summed E-state index contributed by atoms with van der Waals surface area (Å²) in [5.41, 5.74) is 5.39. The molecule has 0 saturated carbocycles. The van der Waals surface area contributed by atoms with E-state index in [1.807, 2.05) is 0 Å². The monoisotopic (exact) mass is 314 g/mol. The summed E-state index contributed by atoms with van der Waals surface area (Å²) >= 11 is 0. The molecule has 1 amide bonds. The van der Waals surface area contributed by atoms with Gasteiger partial charge in [0.2, 0.25) is 5.91 Å². The van der Waals surface area contributed by atoms with Crippen LogP contribution in [0.25, 0.3) is 0 Å². The lowest BCUT2D eigenvalue weighted by Crippen LogP contribution is -2.28. The van der Waals surface area contributed by atoms with Gasteiger partial charge < -0.3 is 10.5 Å². The first-order chi connectivity index (χ1) is 10.7. The Kier molecular flexibility index (Phi) is 15.7. The maximum atomic E-state index is 11.7. The van der Waals surface area contributed by atoms with E-state index >= 15 is 0 Å². The molecule has 0 rings (SSSR count). The topological polar surface area (TPSA) is 83.6 Å². The standard InChI is InChI=1S/C17H34N2O3/c18-14-10-8-11-15-19(22)17(21)13-9-6-4-2-1-3-5-7-12-16-20/h16,22H,1-15,18H2. The molecule has 0 aromatic carbocycles. The third kappa shape index (κ3) is 14.0. The normalized spacial score (nSPS) is 10.6. The quantitative estimate of drug-likeness (QED) is 0.198. The maximum Gasteiger partial charge on any atom is 0.245 e. The number of aldehydes is 1. The zero-order valence-corrected chi connectivity index (χ0v) is 14.0. The molecule has 3 N–H and O–H groups in total. The summed E-state index contributed by atoms with van der Waals surface area (Å²) in [6, 6.07) is 0. The molecule has 0 atom stereocenters. The van der Waals surface area contributed by atoms with E-state index in [2.05, 4.69) is 0 Å². The van der Waals surface area contributed by atoms with Crippen LogP contribution < -0.4 is 5.73 Å². The molecule has 0 spiro atoms. The molecule has 22 heavy (non-hydrogen) atoms. The molecular formula is C17H34N2O3. The van der Waals surface area contributed by atoms with E-state index in [4.69, 9.17) is 5.73 Å². The van der Waals surface area contributed by atoms with Crippen LogP contribution in [0.15, 0.2) is 0 Å². The lowest BCUT2D eigenvalue weighted by molar-refractivity contribution is -0.165. The number of carbonyl (C=O) groups is 2. The molecule has 0 unspecified atom stereocenters. The second kappa shape index (κ2) is 16.4. The van der Waals surface area contributed by atoms with Crippen LogP contribution in [-0.2, 0) is 9.59 Å². The van der Waals surface area contributed by atoms with Crippen molar-refractivity contribution in [3.63, 3.8) is 0 Å². The highest BCUT2D eigenvalue weighted by molar-refractivity contribution is 5.74. The lowest BCUT2D eigenvalue weighted by atomic mass is 10.1. The van der Waals surface area contributed by atoms with E-state index in [-0.39, 0.29) is 5.91 Å². The average Bonchev–Trinajstić information content (AvgIpc) is 2.53. The van der Waals surface area contributed by atoms with Crippen molar-refractivity contribution in [2.45, 2.75) is 83.5 Å². The Labute approximate surface area is 135 Å². The van der Waals surface area contributed by atoms with Gasteiger partial charge in [-0.3, -0.25) is 10.0 Å². The van der Waals surface area contributed by atoms with Crippen LogP contribution in [0.2, 0.25) is 0 Å². The second-order valence-corrected chi connectivity index (χ2v) is 5.90. The first-order valence-electron chi connectivity index (χ1n) is 8.85. The van der Waals surface area contributed by atoms with Crippen LogP contribution in [0.5, 0.6) is 0 Å². The number of amides is 1. The minimum atomic E-state index is -0.165. The number of carbonyl (C=O) groups excluding carboxylic acids is 2. The van der Waals surface area contributed by atoms with Crippen LogP contribution in [0, 0.1) is 0 Å². The van der Waals surface area contributed by atoms with Crippen molar-refractivity contribution in [2.75, 3.05) is 13.1 Å². The number of nitrogens with zero attached hydrogens (tertiary/aromatic N) is 1. The predicted octanol–water partition coefficient (Wildman–Crippen LogP) is 3.43. The number of hydroxylamine groups is 2. The number of unbranched alkanes of at least 4 members (excludes halogenated alkanes) is 10. The molecule has 0 aromatic heterocycles. The van der Waals surface area contributed by atoms with Crippen molar-refractivity contribution in [3.8, 4) is 0 Å². The highest BCUT2D eigenvalue weighted by Gasteiger charge is 2.09. The molecule has 0 aliphatic rings. The minimum Gasteiger partial charge on any atom is -0.330 e. The number of hydrogen-bond acceptors (Lipinski definition) is 4. The molecule has 5 nitrogen and oxygen atoms in total. The Bertz CT molecular complexity index is 273. The minimum absolute atomic E-state index is 0.165. The van der Waals surface area contributed by atoms with Gasteiger partial charge in [-0.05, 0) is 32.2 Å². The summed E-state index contributed by atoms with van der Waals surface area (Å²) in [6.07, 6.45) is 13.6. The summed E-state index contributed by atoms with van der Waals surface area (Å²) in [4.78, 5) is 21.8. The molecular weight excluding hydrogens is 280 g/mol. The van der Waals surface area contributed by atoms with Crippen LogP contribution in [-0.4, -0.2) is 35.6 Å². The van der Waals surface area contributed by atoms with Gasteiger partial charge in [-0.2, -0.15) is 0 Å². The highest BCUT2D eigenvalue weighted by Crippen LogP contribution is 2.11. The fourth-order valence-electron chi connectivity index (χ4n) is 2.40. The maximum absolute atomic E-state index is 11.7. The fourth-order valence-corrected chi connectivity index (χ4v) is 2.40. The summed E-state index contributed by atoms with van der Waals surface area (Å²) in [6.45, 7) is 1.08. The summed E-state index contributed by atoms with van der Waals surface area (Å²) in [5, 5.41) is 10.5. The largest absolute Gasteiger partial charge is 0.330 e. The Morgan fingerprint density at radius 2 is 1.41 bits per heavy atom. The van der Waals surface area contributed by atoms with Crippen LogP contribution in [0.1, 0.15) is 83.5 Å². The lowest BCUT2D eigenvalue weighted by Gasteiger charge is -2.14. The van der Waals surface area contributed by atoms with Crippen molar-refractivity contribution in [2.24, 2.45) is 5.73 Å². The molecule has 0 radical (unpaired) electrons. The smallest absolute Gasteiger partial charge is 0.245 e. The average molecular weight is 314 g/mol. The Morgan fingerprint density at radius 1 is 0.864 bits per heavy atom. The van der Waals surface area contributed by atoms with Gasteiger partial charge in [0.25, 0.3) is 0 Å². The van der Waals surface area contributed by atoms with Crippen molar-refractivity contribution < 1.29 is 14.8 Å². The van der Waals surface area contributed by atoms with Gasteiger partial charge in [-0.1, -0.05) is 44.9 Å². The van der Waals surface area contributed by atoms with Crippen LogP contribution in [0.3, 0.4) is 0 Å². The molecule has 0 fully saturated rings. The van der Waals surface area contributed by atoms with Crippen LogP contribution in [0.4, 0.5) is 0 Å². The van der Waals surface area contributed by atoms with Crippen molar-refractivity contribution in [1.82, 2.24) is 5.06 Å². The zero-order chi connectivity index (χ0) is 16.5. The second-order valence-electron chi connectivity index (χ2n) is 5.90. The first-order valence-corrected chi connectivity index (χ1v) is 8.85. The zero-order valence-electron chi connectivity index (χ0n) is 14.0. The Balaban J connectivity index is 3.31. The van der Waals surface area contributed by atoms with Crippen molar-refractivity contribution in [1.29, 1.82) is 0 Å². The van der Waals surface area contributed by atoms with Crippen molar-refractivity contribution >= 4 is 12.2 Å². The molecule has 130 valence electrons. The van der Waals surface area contributed by atoms with Gasteiger partial charge in [-0.25, -0.2) is 5.06 Å². The predicted molar refractivity (Wildman–Crippen MR) is 88.6 cm³/mol. The van der Waals surface area contributed by atoms with Gasteiger partial charge in [0.1, 0.15) is 6.29 Å². The van der Waals surface area contributed by atoms with Gasteiger partial charge >= 0.3 is 0 Å². The van der Waals surface area contributed by atoms with E-state index in [1.165, 1.54) is 19.3 Å². The fraction of sp³-hybridized carbons (Fsp3) is 0.882. The third-order valence-electron chi connectivity index (χ3n) is 3.82. The molecule has 0 bridgehead atoms. The van der Waals surface area contributed by atoms with E-state index in [9.17, 15) is 14.8 Å². The number of rotatable bonds is 16. The molecule has 0 heterocycles. The third-order valence-corrected chi connectivity index (χ3v) is 3.82. The Morgan fingerprint density at radius 3 is 2.00 bits per heavy atom. The van der Waals surface area contributed by atoms with Gasteiger partial charge in [0, 0.05) is 19.4 Å². The Hall–Kier alpha value is -0.940. The molecule has 0 aliphatic heterocycles. The number of nitrogens with two attached hydrogens (primary N) is 1. The summed E-state index contributed by atoms with van der Waals surface area (Å²) in [5.74, 6) is -0.165. The molecule has 0 saturated heterocycles. The van der Waals surface area contributed by atoms with E-state index in [0.717, 1.165) is 62.7 Å². The number of hydrogen-bond donors (Lipinski definition) is 2.